The van der Waals surface area contributed by atoms with E-state index < -0.39 is 0 Å². The first-order valence-electron chi connectivity index (χ1n) is 11.0. The summed E-state index contributed by atoms with van der Waals surface area (Å²) in [5, 5.41) is 3.41. The lowest BCUT2D eigenvalue weighted by atomic mass is 9.68. The molecule has 1 amide bonds. The quantitative estimate of drug-likeness (QED) is 0.327. The average Bonchev–Trinajstić information content (AvgIpc) is 2.52. The van der Waals surface area contributed by atoms with Gasteiger partial charge in [-0.1, -0.05) is 113 Å². The number of amides is 1. The second-order valence-electron chi connectivity index (χ2n) is 9.45. The summed E-state index contributed by atoms with van der Waals surface area (Å²) in [4.78, 5) is 12.9. The third-order valence-corrected chi connectivity index (χ3v) is 6.09. The lowest BCUT2D eigenvalue weighted by Crippen LogP contribution is -2.48. The highest BCUT2D eigenvalue weighted by atomic mass is 16.2. The summed E-state index contributed by atoms with van der Waals surface area (Å²) < 4.78 is 0. The number of carbonyl (C=O) groups is 1. The Morgan fingerprint density at radius 2 is 1.12 bits per heavy atom. The maximum absolute atomic E-state index is 12.9. The Morgan fingerprint density at radius 3 is 1.48 bits per heavy atom. The van der Waals surface area contributed by atoms with Crippen LogP contribution >= 0.6 is 0 Å². The van der Waals surface area contributed by atoms with Crippen LogP contribution in [-0.2, 0) is 4.79 Å². The van der Waals surface area contributed by atoms with Crippen molar-refractivity contribution < 1.29 is 4.79 Å². The van der Waals surface area contributed by atoms with Crippen molar-refractivity contribution in [3.63, 3.8) is 0 Å². The van der Waals surface area contributed by atoms with E-state index >= 15 is 0 Å². The van der Waals surface area contributed by atoms with E-state index in [1.54, 1.807) is 0 Å². The van der Waals surface area contributed by atoms with E-state index in [1.165, 1.54) is 64.2 Å². The maximum Gasteiger partial charge on any atom is 0.226 e. The van der Waals surface area contributed by atoms with Gasteiger partial charge in [0.05, 0.1) is 0 Å². The zero-order valence-electron chi connectivity index (χ0n) is 18.5. The predicted octanol–water partition coefficient (Wildman–Crippen LogP) is 7.26. The van der Waals surface area contributed by atoms with Crippen molar-refractivity contribution in [2.45, 2.75) is 132 Å². The second kappa shape index (κ2) is 12.8. The lowest BCUT2D eigenvalue weighted by Gasteiger charge is -2.38. The van der Waals surface area contributed by atoms with Crippen LogP contribution in [0.15, 0.2) is 0 Å². The smallest absolute Gasteiger partial charge is 0.226 e. The maximum atomic E-state index is 12.9. The van der Waals surface area contributed by atoms with Crippen LogP contribution in [0, 0.1) is 10.8 Å². The molecule has 0 unspecified atom stereocenters. The zero-order chi connectivity index (χ0) is 19.3. The molecule has 0 saturated heterocycles. The van der Waals surface area contributed by atoms with Crippen LogP contribution in [0.3, 0.4) is 0 Å². The van der Waals surface area contributed by atoms with Crippen molar-refractivity contribution in [3.8, 4) is 0 Å². The van der Waals surface area contributed by atoms with Crippen LogP contribution in [0.25, 0.3) is 0 Å². The first-order valence-corrected chi connectivity index (χ1v) is 11.0. The van der Waals surface area contributed by atoms with Gasteiger partial charge in [0.15, 0.2) is 0 Å². The Hall–Kier alpha value is -0.530. The highest BCUT2D eigenvalue weighted by molar-refractivity contribution is 5.82. The monoisotopic (exact) mass is 353 g/mol. The second-order valence-corrected chi connectivity index (χ2v) is 9.45. The van der Waals surface area contributed by atoms with Crippen LogP contribution in [0.1, 0.15) is 126 Å². The van der Waals surface area contributed by atoms with Gasteiger partial charge in [0.25, 0.3) is 0 Å². The van der Waals surface area contributed by atoms with Gasteiger partial charge >= 0.3 is 0 Å². The molecule has 0 aliphatic heterocycles. The molecule has 0 aromatic heterocycles. The summed E-state index contributed by atoms with van der Waals surface area (Å²) in [6.45, 7) is 15.2. The number of hydrogen-bond acceptors (Lipinski definition) is 1. The van der Waals surface area contributed by atoms with E-state index in [1.807, 2.05) is 0 Å². The van der Waals surface area contributed by atoms with Gasteiger partial charge in [-0.2, -0.15) is 0 Å². The summed E-state index contributed by atoms with van der Waals surface area (Å²) in [5.74, 6) is 0.229. The molecule has 1 N–H and O–H groups in total. The average molecular weight is 354 g/mol. The largest absolute Gasteiger partial charge is 0.353 e. The predicted molar refractivity (Wildman–Crippen MR) is 112 cm³/mol. The van der Waals surface area contributed by atoms with E-state index in [-0.39, 0.29) is 16.7 Å². The normalized spacial score (nSPS) is 12.6. The summed E-state index contributed by atoms with van der Waals surface area (Å²) in [6.07, 6.45) is 15.3. The van der Waals surface area contributed by atoms with Crippen LogP contribution in [-0.4, -0.2) is 11.9 Å². The van der Waals surface area contributed by atoms with Crippen LogP contribution in [0.4, 0.5) is 0 Å². The third-order valence-electron chi connectivity index (χ3n) is 6.09. The minimum Gasteiger partial charge on any atom is -0.353 e. The van der Waals surface area contributed by atoms with E-state index in [4.69, 9.17) is 0 Å². The highest BCUT2D eigenvalue weighted by Crippen LogP contribution is 2.38. The molecule has 0 aliphatic rings. The Morgan fingerprint density at radius 1 is 0.720 bits per heavy atom. The Kier molecular flexibility index (Phi) is 12.5. The van der Waals surface area contributed by atoms with Crippen molar-refractivity contribution in [3.05, 3.63) is 0 Å². The Labute approximate surface area is 158 Å². The van der Waals surface area contributed by atoms with Gasteiger partial charge in [-0.15, -0.1) is 0 Å². The molecule has 2 nitrogen and oxygen atoms in total. The van der Waals surface area contributed by atoms with Gasteiger partial charge < -0.3 is 5.32 Å². The molecule has 0 spiro atoms. The molecule has 0 saturated carbocycles. The van der Waals surface area contributed by atoms with E-state index in [9.17, 15) is 4.79 Å². The van der Waals surface area contributed by atoms with Crippen LogP contribution < -0.4 is 5.32 Å². The van der Waals surface area contributed by atoms with E-state index in [2.05, 4.69) is 53.8 Å². The number of carbonyl (C=O) groups excluding carboxylic acids is 1. The van der Waals surface area contributed by atoms with Crippen molar-refractivity contribution in [2.24, 2.45) is 10.8 Å². The minimum atomic E-state index is -0.338. The first-order chi connectivity index (χ1) is 11.7. The number of nitrogens with one attached hydrogen (secondary N) is 1. The van der Waals surface area contributed by atoms with Gasteiger partial charge in [-0.3, -0.25) is 4.79 Å². The van der Waals surface area contributed by atoms with Crippen molar-refractivity contribution >= 4 is 5.91 Å². The molecule has 2 heteroatoms. The molecule has 0 aliphatic carbocycles. The molecule has 0 rings (SSSR count). The Bertz CT molecular complexity index is 326. The number of unbranched alkanes of at least 4 members (excludes halogenated alkanes) is 8. The molecule has 0 bridgehead atoms. The van der Waals surface area contributed by atoms with Gasteiger partial charge in [0, 0.05) is 11.5 Å². The lowest BCUT2D eigenvalue weighted by molar-refractivity contribution is -0.135. The molecule has 0 atom stereocenters. The van der Waals surface area contributed by atoms with Crippen LogP contribution in [0.5, 0.6) is 0 Å². The third kappa shape index (κ3) is 10.3. The van der Waals surface area contributed by atoms with Crippen molar-refractivity contribution in [2.75, 3.05) is 0 Å². The van der Waals surface area contributed by atoms with Gasteiger partial charge in [-0.25, -0.2) is 0 Å². The molecule has 25 heavy (non-hydrogen) atoms. The fraction of sp³-hybridized carbons (Fsp3) is 0.957. The van der Waals surface area contributed by atoms with Gasteiger partial charge in [-0.05, 0) is 18.3 Å². The summed E-state index contributed by atoms with van der Waals surface area (Å²) in [6, 6.07) is 0.359. The van der Waals surface area contributed by atoms with Gasteiger partial charge in [0.1, 0.15) is 0 Å². The molecule has 0 fully saturated rings. The molecule has 0 aromatic rings. The molecule has 150 valence electrons. The van der Waals surface area contributed by atoms with Crippen molar-refractivity contribution in [1.29, 1.82) is 0 Å². The molecular formula is C23H47NO. The topological polar surface area (TPSA) is 29.1 Å². The first kappa shape index (κ1) is 24.5. The number of hydrogen-bond donors (Lipinski definition) is 1. The fourth-order valence-corrected chi connectivity index (χ4v) is 2.98. The highest BCUT2D eigenvalue weighted by Gasteiger charge is 2.40. The van der Waals surface area contributed by atoms with Gasteiger partial charge in [0.2, 0.25) is 5.91 Å². The van der Waals surface area contributed by atoms with E-state index in [0.717, 1.165) is 12.8 Å². The molecule has 0 radical (unpaired) electrons. The summed E-state index contributed by atoms with van der Waals surface area (Å²) in [5.41, 5.74) is -0.362. The molecule has 0 aromatic carbocycles. The zero-order valence-corrected chi connectivity index (χ0v) is 18.5. The van der Waals surface area contributed by atoms with Crippen molar-refractivity contribution in [1.82, 2.24) is 5.32 Å². The standard InChI is InChI=1S/C23H47NO/c1-8-10-12-14-16-18-20(19-17-15-13-11-9-2)24-21(25)23(6,7)22(3,4)5/h20H,8-19H2,1-7H3,(H,24,25). The molecule has 0 heterocycles. The minimum absolute atomic E-state index is 0.0239. The Balaban J connectivity index is 4.51. The summed E-state index contributed by atoms with van der Waals surface area (Å²) >= 11 is 0. The SMILES string of the molecule is CCCCCCCC(CCCCCCC)NC(=O)C(C)(C)C(C)(C)C. The van der Waals surface area contributed by atoms with Crippen LogP contribution in [0.2, 0.25) is 0 Å². The molecular weight excluding hydrogens is 306 g/mol. The van der Waals surface area contributed by atoms with E-state index in [0.29, 0.717) is 6.04 Å². The fourth-order valence-electron chi connectivity index (χ4n) is 2.98. The summed E-state index contributed by atoms with van der Waals surface area (Å²) in [7, 11) is 0. The number of rotatable bonds is 14.